The molecule has 1 aromatic rings. The number of hydrogen-bond donors (Lipinski definition) is 2. The molecule has 4 N–H and O–H groups in total. The van der Waals surface area contributed by atoms with Gasteiger partial charge in [0.25, 0.3) is 0 Å². The molecule has 0 saturated carbocycles. The van der Waals surface area contributed by atoms with Crippen LogP contribution in [0.5, 0.6) is 5.75 Å². The third-order valence-corrected chi connectivity index (χ3v) is 2.94. The average molecular weight is 282 g/mol. The third-order valence-electron chi connectivity index (χ3n) is 2.94. The van der Waals surface area contributed by atoms with Crippen molar-refractivity contribution in [2.24, 2.45) is 0 Å². The second kappa shape index (κ2) is 8.21. The standard InChI is InChI=1S/C15H27N3O.H3N/c1-16(2)9-12-7-8-15(19)14(11-18(5)6)13(12)10-17(3)4;/h7-8,19H,9-11H2,1-6H3;1H3. The fourth-order valence-corrected chi connectivity index (χ4v) is 2.22. The summed E-state index contributed by atoms with van der Waals surface area (Å²) in [5.41, 5.74) is 3.57. The highest BCUT2D eigenvalue weighted by molar-refractivity contribution is 5.44. The van der Waals surface area contributed by atoms with E-state index in [-0.39, 0.29) is 6.15 Å². The summed E-state index contributed by atoms with van der Waals surface area (Å²) in [6, 6.07) is 3.85. The SMILES string of the molecule is CN(C)Cc1ccc(O)c(CN(C)C)c1CN(C)C.N. The van der Waals surface area contributed by atoms with Gasteiger partial charge in [0.05, 0.1) is 0 Å². The molecule has 0 bridgehead atoms. The van der Waals surface area contributed by atoms with Crippen molar-refractivity contribution in [3.63, 3.8) is 0 Å². The van der Waals surface area contributed by atoms with Crippen molar-refractivity contribution in [2.75, 3.05) is 42.3 Å². The molecule has 0 aromatic heterocycles. The normalized spacial score (nSPS) is 11.2. The van der Waals surface area contributed by atoms with Crippen molar-refractivity contribution in [2.45, 2.75) is 19.6 Å². The van der Waals surface area contributed by atoms with Crippen LogP contribution < -0.4 is 6.15 Å². The van der Waals surface area contributed by atoms with Gasteiger partial charge in [-0.25, -0.2) is 0 Å². The van der Waals surface area contributed by atoms with Crippen LogP contribution >= 0.6 is 0 Å². The van der Waals surface area contributed by atoms with Gasteiger partial charge in [0, 0.05) is 25.2 Å². The molecule has 0 spiro atoms. The number of phenols is 1. The zero-order valence-corrected chi connectivity index (χ0v) is 13.8. The van der Waals surface area contributed by atoms with E-state index in [0.29, 0.717) is 5.75 Å². The third kappa shape index (κ3) is 5.46. The fourth-order valence-electron chi connectivity index (χ4n) is 2.22. The molecular weight excluding hydrogens is 252 g/mol. The van der Waals surface area contributed by atoms with Crippen LogP contribution in [0.4, 0.5) is 0 Å². The van der Waals surface area contributed by atoms with Crippen LogP contribution in [0.2, 0.25) is 0 Å². The summed E-state index contributed by atoms with van der Waals surface area (Å²) < 4.78 is 0. The minimum Gasteiger partial charge on any atom is -0.508 e. The molecule has 0 fully saturated rings. The van der Waals surface area contributed by atoms with Gasteiger partial charge in [0.1, 0.15) is 5.75 Å². The molecule has 20 heavy (non-hydrogen) atoms. The molecule has 0 aliphatic rings. The van der Waals surface area contributed by atoms with Crippen LogP contribution in [0.25, 0.3) is 0 Å². The van der Waals surface area contributed by atoms with Gasteiger partial charge in [-0.05, 0) is 59.5 Å². The highest BCUT2D eigenvalue weighted by atomic mass is 16.3. The van der Waals surface area contributed by atoms with E-state index in [2.05, 4.69) is 42.9 Å². The van der Waals surface area contributed by atoms with Gasteiger partial charge in [-0.15, -0.1) is 0 Å². The molecule has 0 atom stereocenters. The number of aromatic hydroxyl groups is 1. The van der Waals surface area contributed by atoms with Gasteiger partial charge in [-0.2, -0.15) is 0 Å². The van der Waals surface area contributed by atoms with Crippen molar-refractivity contribution in [1.29, 1.82) is 0 Å². The van der Waals surface area contributed by atoms with E-state index in [9.17, 15) is 5.11 Å². The molecule has 0 aliphatic carbocycles. The Morgan fingerprint density at radius 1 is 0.750 bits per heavy atom. The first-order chi connectivity index (χ1) is 8.81. The maximum Gasteiger partial charge on any atom is 0.120 e. The average Bonchev–Trinajstić information content (AvgIpc) is 2.25. The smallest absolute Gasteiger partial charge is 0.120 e. The van der Waals surface area contributed by atoms with Crippen LogP contribution in [0.3, 0.4) is 0 Å². The predicted molar refractivity (Wildman–Crippen MR) is 85.3 cm³/mol. The number of phenolic OH excluding ortho intramolecular Hbond substituents is 1. The first-order valence-electron chi connectivity index (χ1n) is 6.58. The molecule has 0 saturated heterocycles. The quantitative estimate of drug-likeness (QED) is 0.832. The van der Waals surface area contributed by atoms with Gasteiger partial charge in [0.2, 0.25) is 0 Å². The summed E-state index contributed by atoms with van der Waals surface area (Å²) in [7, 11) is 12.3. The Balaban J connectivity index is 0.00000361. The van der Waals surface area contributed by atoms with Gasteiger partial charge in [-0.3, -0.25) is 0 Å². The lowest BCUT2D eigenvalue weighted by Crippen LogP contribution is -2.20. The zero-order chi connectivity index (χ0) is 14.6. The van der Waals surface area contributed by atoms with Crippen LogP contribution in [-0.4, -0.2) is 62.1 Å². The fraction of sp³-hybridized carbons (Fsp3) is 0.600. The van der Waals surface area contributed by atoms with Crippen LogP contribution in [0.1, 0.15) is 16.7 Å². The largest absolute Gasteiger partial charge is 0.508 e. The lowest BCUT2D eigenvalue weighted by molar-refractivity contribution is 0.359. The van der Waals surface area contributed by atoms with Crippen LogP contribution in [-0.2, 0) is 19.6 Å². The summed E-state index contributed by atoms with van der Waals surface area (Å²) in [5, 5.41) is 10.2. The Morgan fingerprint density at radius 3 is 1.65 bits per heavy atom. The molecule has 1 aromatic carbocycles. The molecule has 0 unspecified atom stereocenters. The molecule has 0 heterocycles. The Morgan fingerprint density at radius 2 is 1.20 bits per heavy atom. The van der Waals surface area contributed by atoms with Crippen molar-refractivity contribution >= 4 is 0 Å². The number of hydrogen-bond acceptors (Lipinski definition) is 5. The summed E-state index contributed by atoms with van der Waals surface area (Å²) in [5.74, 6) is 0.396. The first-order valence-corrected chi connectivity index (χ1v) is 6.58. The highest BCUT2D eigenvalue weighted by Crippen LogP contribution is 2.27. The number of nitrogens with zero attached hydrogens (tertiary/aromatic N) is 3. The second-order valence-corrected chi connectivity index (χ2v) is 5.91. The molecular formula is C15H30N4O. The molecule has 1 rings (SSSR count). The van der Waals surface area contributed by atoms with Crippen molar-refractivity contribution < 1.29 is 5.11 Å². The van der Waals surface area contributed by atoms with E-state index in [4.69, 9.17) is 0 Å². The number of rotatable bonds is 6. The Bertz CT molecular complexity index is 417. The predicted octanol–water partition coefficient (Wildman–Crippen LogP) is 1.74. The molecule has 5 nitrogen and oxygen atoms in total. The zero-order valence-electron chi connectivity index (χ0n) is 13.8. The minimum atomic E-state index is 0. The molecule has 5 heteroatoms. The summed E-state index contributed by atoms with van der Waals surface area (Å²) in [6.45, 7) is 2.50. The number of benzene rings is 1. The highest BCUT2D eigenvalue weighted by Gasteiger charge is 2.15. The lowest BCUT2D eigenvalue weighted by atomic mass is 9.98. The monoisotopic (exact) mass is 282 g/mol. The van der Waals surface area contributed by atoms with E-state index in [1.807, 2.05) is 26.2 Å². The van der Waals surface area contributed by atoms with E-state index in [0.717, 1.165) is 25.2 Å². The van der Waals surface area contributed by atoms with Gasteiger partial charge < -0.3 is 26.0 Å². The Kier molecular flexibility index (Phi) is 7.75. The Hall–Kier alpha value is -1.14. The Labute approximate surface area is 123 Å². The van der Waals surface area contributed by atoms with Crippen LogP contribution in [0.15, 0.2) is 12.1 Å². The van der Waals surface area contributed by atoms with E-state index < -0.39 is 0 Å². The van der Waals surface area contributed by atoms with Crippen LogP contribution in [0, 0.1) is 0 Å². The first kappa shape index (κ1) is 18.9. The van der Waals surface area contributed by atoms with Crippen molar-refractivity contribution in [1.82, 2.24) is 20.9 Å². The lowest BCUT2D eigenvalue weighted by Gasteiger charge is -2.23. The van der Waals surface area contributed by atoms with Crippen molar-refractivity contribution in [3.05, 3.63) is 28.8 Å². The van der Waals surface area contributed by atoms with E-state index in [1.54, 1.807) is 0 Å². The van der Waals surface area contributed by atoms with E-state index >= 15 is 0 Å². The molecule has 0 radical (unpaired) electrons. The summed E-state index contributed by atoms with van der Waals surface area (Å²) in [4.78, 5) is 6.39. The maximum absolute atomic E-state index is 10.2. The second-order valence-electron chi connectivity index (χ2n) is 5.91. The summed E-state index contributed by atoms with van der Waals surface area (Å²) >= 11 is 0. The topological polar surface area (TPSA) is 65.0 Å². The molecule has 116 valence electrons. The van der Waals surface area contributed by atoms with Gasteiger partial charge in [-0.1, -0.05) is 6.07 Å². The summed E-state index contributed by atoms with van der Waals surface area (Å²) in [6.07, 6.45) is 0. The maximum atomic E-state index is 10.2. The van der Waals surface area contributed by atoms with Gasteiger partial charge >= 0.3 is 0 Å². The van der Waals surface area contributed by atoms with Crippen molar-refractivity contribution in [3.8, 4) is 5.75 Å². The minimum absolute atomic E-state index is 0. The molecule has 0 amide bonds. The van der Waals surface area contributed by atoms with E-state index in [1.165, 1.54) is 11.1 Å². The molecule has 0 aliphatic heterocycles. The van der Waals surface area contributed by atoms with Gasteiger partial charge in [0.15, 0.2) is 0 Å².